The highest BCUT2D eigenvalue weighted by molar-refractivity contribution is 7.99. The first-order valence-corrected chi connectivity index (χ1v) is 11.9. The monoisotopic (exact) mass is 457 g/mol. The van der Waals surface area contributed by atoms with E-state index in [2.05, 4.69) is 22.2 Å². The van der Waals surface area contributed by atoms with Crippen LogP contribution < -0.4 is 26.4 Å². The van der Waals surface area contributed by atoms with E-state index in [4.69, 9.17) is 26.2 Å². The molecular formula is C22H31N7O2S. The van der Waals surface area contributed by atoms with E-state index in [9.17, 15) is 4.79 Å². The Bertz CT molecular complexity index is 944. The molecule has 0 spiro atoms. The summed E-state index contributed by atoms with van der Waals surface area (Å²) in [5, 5.41) is 3.47. The maximum Gasteiger partial charge on any atom is 0.259 e. The van der Waals surface area contributed by atoms with E-state index < -0.39 is 0 Å². The third-order valence-corrected chi connectivity index (χ3v) is 6.58. The van der Waals surface area contributed by atoms with E-state index in [1.54, 1.807) is 12.3 Å². The van der Waals surface area contributed by atoms with E-state index >= 15 is 0 Å². The van der Waals surface area contributed by atoms with E-state index in [-0.39, 0.29) is 18.6 Å². The first kappa shape index (κ1) is 22.6. The maximum atomic E-state index is 11.6. The predicted molar refractivity (Wildman–Crippen MR) is 127 cm³/mol. The first-order chi connectivity index (χ1) is 15.5. The molecule has 32 heavy (non-hydrogen) atoms. The van der Waals surface area contributed by atoms with Gasteiger partial charge < -0.3 is 31.3 Å². The van der Waals surface area contributed by atoms with Crippen molar-refractivity contribution in [3.63, 3.8) is 0 Å². The van der Waals surface area contributed by atoms with Crippen molar-refractivity contribution in [2.24, 2.45) is 5.73 Å². The van der Waals surface area contributed by atoms with Crippen LogP contribution in [0.2, 0.25) is 0 Å². The summed E-state index contributed by atoms with van der Waals surface area (Å²) in [7, 11) is 2.13. The fourth-order valence-electron chi connectivity index (χ4n) is 3.96. The van der Waals surface area contributed by atoms with E-state index in [0.717, 1.165) is 54.8 Å². The van der Waals surface area contributed by atoms with Crippen molar-refractivity contribution in [2.75, 3.05) is 55.7 Å². The average Bonchev–Trinajstić information content (AvgIpc) is 3.27. The molecule has 5 N–H and O–H groups in total. The van der Waals surface area contributed by atoms with Gasteiger partial charge in [-0.05, 0) is 50.9 Å². The molecule has 1 aliphatic carbocycles. The van der Waals surface area contributed by atoms with Crippen LogP contribution in [0.15, 0.2) is 34.3 Å². The fourth-order valence-corrected chi connectivity index (χ4v) is 4.82. The number of carbonyl (C=O) groups is 1. The van der Waals surface area contributed by atoms with Gasteiger partial charge in [0.25, 0.3) is 5.88 Å². The van der Waals surface area contributed by atoms with Crippen molar-refractivity contribution in [2.45, 2.75) is 41.7 Å². The minimum Gasteiger partial charge on any atom is -0.472 e. The van der Waals surface area contributed by atoms with Gasteiger partial charge in [0.05, 0.1) is 12.7 Å². The molecule has 0 radical (unpaired) electrons. The zero-order valence-electron chi connectivity index (χ0n) is 18.4. The first-order valence-electron chi connectivity index (χ1n) is 11.1. The molecule has 2 aliphatic rings. The normalized spacial score (nSPS) is 17.5. The molecule has 2 aromatic rings. The number of piperazine rings is 1. The van der Waals surface area contributed by atoms with Crippen LogP contribution in [0.3, 0.4) is 0 Å². The Labute approximate surface area is 192 Å². The number of benzene rings is 1. The zero-order chi connectivity index (χ0) is 22.5. The average molecular weight is 458 g/mol. The second-order valence-corrected chi connectivity index (χ2v) is 9.39. The summed E-state index contributed by atoms with van der Waals surface area (Å²) in [4.78, 5) is 26.7. The standard InChI is InChI=1S/C22H31N7O2S/c1-28-6-8-29(9-7-28)21-22(31-17-4-2-3-5-17)27-20(14-25-21)32-18-11-15(24)10-16(12-18)26-19(30)13-23/h10-12,14,17H,2-9,13,23-24H2,1H3,(H,26,30). The number of carbonyl (C=O) groups excluding carboxylic acids is 1. The molecule has 2 fully saturated rings. The molecule has 10 heteroatoms. The molecular weight excluding hydrogens is 426 g/mol. The van der Waals surface area contributed by atoms with Crippen LogP contribution >= 0.6 is 11.8 Å². The van der Waals surface area contributed by atoms with Gasteiger partial charge in [-0.1, -0.05) is 11.8 Å². The number of ether oxygens (including phenoxy) is 1. The number of nitrogens with zero attached hydrogens (tertiary/aromatic N) is 4. The molecule has 172 valence electrons. The molecule has 9 nitrogen and oxygen atoms in total. The lowest BCUT2D eigenvalue weighted by Gasteiger charge is -2.33. The van der Waals surface area contributed by atoms with Crippen molar-refractivity contribution >= 4 is 34.9 Å². The summed E-state index contributed by atoms with van der Waals surface area (Å²) in [6.45, 7) is 3.69. The lowest BCUT2D eigenvalue weighted by atomic mass is 10.3. The van der Waals surface area contributed by atoms with Gasteiger partial charge in [-0.2, -0.15) is 0 Å². The van der Waals surface area contributed by atoms with Gasteiger partial charge in [0, 0.05) is 42.4 Å². The Kier molecular flexibility index (Phi) is 7.33. The van der Waals surface area contributed by atoms with Crippen molar-refractivity contribution in [3.05, 3.63) is 24.4 Å². The number of rotatable bonds is 7. The second kappa shape index (κ2) is 10.4. The number of anilines is 3. The molecule has 0 unspecified atom stereocenters. The summed E-state index contributed by atoms with van der Waals surface area (Å²) < 4.78 is 6.34. The Hall–Kier alpha value is -2.56. The van der Waals surface area contributed by atoms with Crippen LogP contribution in [0.1, 0.15) is 25.7 Å². The van der Waals surface area contributed by atoms with E-state index in [0.29, 0.717) is 17.3 Å². The maximum absolute atomic E-state index is 11.6. The topological polar surface area (TPSA) is 123 Å². The van der Waals surface area contributed by atoms with Gasteiger partial charge in [-0.3, -0.25) is 4.79 Å². The Morgan fingerprint density at radius 3 is 2.69 bits per heavy atom. The number of nitrogen functional groups attached to an aromatic ring is 1. The molecule has 1 saturated heterocycles. The summed E-state index contributed by atoms with van der Waals surface area (Å²) in [6.07, 6.45) is 6.47. The lowest BCUT2D eigenvalue weighted by molar-refractivity contribution is -0.114. The minimum atomic E-state index is -0.268. The van der Waals surface area contributed by atoms with Gasteiger partial charge in [0.1, 0.15) is 11.1 Å². The Balaban J connectivity index is 1.57. The van der Waals surface area contributed by atoms with Gasteiger partial charge in [0.15, 0.2) is 5.82 Å². The summed E-state index contributed by atoms with van der Waals surface area (Å²) in [6, 6.07) is 5.40. The lowest BCUT2D eigenvalue weighted by Crippen LogP contribution is -2.45. The van der Waals surface area contributed by atoms with Gasteiger partial charge >= 0.3 is 0 Å². The fraction of sp³-hybridized carbons (Fsp3) is 0.500. The van der Waals surface area contributed by atoms with Crippen molar-refractivity contribution < 1.29 is 9.53 Å². The molecule has 0 atom stereocenters. The molecule has 1 amide bonds. The van der Waals surface area contributed by atoms with Crippen molar-refractivity contribution in [1.29, 1.82) is 0 Å². The number of nitrogens with two attached hydrogens (primary N) is 2. The highest BCUT2D eigenvalue weighted by atomic mass is 32.2. The predicted octanol–water partition coefficient (Wildman–Crippen LogP) is 2.18. The minimum absolute atomic E-state index is 0.0850. The second-order valence-electron chi connectivity index (χ2n) is 8.30. The Morgan fingerprint density at radius 2 is 1.97 bits per heavy atom. The molecule has 2 heterocycles. The SMILES string of the molecule is CN1CCN(c2ncc(Sc3cc(N)cc(NC(=O)CN)c3)nc2OC2CCCC2)CC1. The van der Waals surface area contributed by atoms with Crippen LogP contribution in [-0.4, -0.2) is 66.7 Å². The smallest absolute Gasteiger partial charge is 0.259 e. The van der Waals surface area contributed by atoms with Crippen molar-refractivity contribution in [3.8, 4) is 5.88 Å². The van der Waals surface area contributed by atoms with Crippen LogP contribution in [0.5, 0.6) is 5.88 Å². The van der Waals surface area contributed by atoms with E-state index in [1.165, 1.54) is 24.6 Å². The number of amides is 1. The summed E-state index contributed by atoms with van der Waals surface area (Å²) in [5.74, 6) is 1.15. The third-order valence-electron chi connectivity index (χ3n) is 5.70. The highest BCUT2D eigenvalue weighted by Gasteiger charge is 2.24. The number of nitrogens with one attached hydrogen (secondary N) is 1. The van der Waals surface area contributed by atoms with Crippen LogP contribution in [0.4, 0.5) is 17.2 Å². The third kappa shape index (κ3) is 5.81. The Morgan fingerprint density at radius 1 is 1.22 bits per heavy atom. The van der Waals surface area contributed by atoms with Crippen molar-refractivity contribution in [1.82, 2.24) is 14.9 Å². The summed E-state index contributed by atoms with van der Waals surface area (Å²) in [5.41, 5.74) is 12.6. The van der Waals surface area contributed by atoms with E-state index in [1.807, 2.05) is 12.1 Å². The summed E-state index contributed by atoms with van der Waals surface area (Å²) >= 11 is 1.44. The quantitative estimate of drug-likeness (QED) is 0.537. The largest absolute Gasteiger partial charge is 0.472 e. The number of aromatic nitrogens is 2. The van der Waals surface area contributed by atoms with Gasteiger partial charge in [0.2, 0.25) is 5.91 Å². The molecule has 1 saturated carbocycles. The molecule has 1 aromatic heterocycles. The molecule has 0 bridgehead atoms. The molecule has 1 aromatic carbocycles. The van der Waals surface area contributed by atoms with Crippen LogP contribution in [0, 0.1) is 0 Å². The van der Waals surface area contributed by atoms with Crippen LogP contribution in [-0.2, 0) is 4.79 Å². The molecule has 1 aliphatic heterocycles. The zero-order valence-corrected chi connectivity index (χ0v) is 19.2. The molecule has 4 rings (SSSR count). The van der Waals surface area contributed by atoms with Crippen LogP contribution in [0.25, 0.3) is 0 Å². The highest BCUT2D eigenvalue weighted by Crippen LogP contribution is 2.35. The van der Waals surface area contributed by atoms with Gasteiger partial charge in [-0.15, -0.1) is 0 Å². The number of likely N-dealkylation sites (N-methyl/N-ethyl adjacent to an activating group) is 1. The number of hydrogen-bond donors (Lipinski definition) is 3. The number of hydrogen-bond acceptors (Lipinski definition) is 9. The van der Waals surface area contributed by atoms with Gasteiger partial charge in [-0.25, -0.2) is 9.97 Å².